The molecule has 0 atom stereocenters. The minimum Gasteiger partial charge on any atom is -0.410 e. The first kappa shape index (κ1) is 14.0. The van der Waals surface area contributed by atoms with Gasteiger partial charge in [0.1, 0.15) is 0 Å². The number of nitrogens with one attached hydrogen (secondary N) is 1. The Labute approximate surface area is 117 Å². The van der Waals surface area contributed by atoms with E-state index in [2.05, 4.69) is 22.3 Å². The minimum absolute atomic E-state index is 0.157. The molecule has 5 heteroatoms. The highest BCUT2D eigenvalue weighted by Crippen LogP contribution is 2.13. The Morgan fingerprint density at radius 1 is 1.15 bits per heavy atom. The van der Waals surface area contributed by atoms with Crippen molar-refractivity contribution < 1.29 is 10.4 Å². The summed E-state index contributed by atoms with van der Waals surface area (Å²) in [7, 11) is 0. The van der Waals surface area contributed by atoms with Crippen LogP contribution in [0.4, 0.5) is 0 Å². The molecule has 0 unspecified atom stereocenters. The van der Waals surface area contributed by atoms with Crippen LogP contribution in [0.3, 0.4) is 0 Å². The molecule has 0 aromatic heterocycles. The molecule has 1 aromatic carbocycles. The number of benzene rings is 1. The van der Waals surface area contributed by atoms with Crippen molar-refractivity contribution >= 4 is 11.5 Å². The maximum absolute atomic E-state index is 9.18. The van der Waals surface area contributed by atoms with Gasteiger partial charge in [-0.2, -0.15) is 0 Å². The molecule has 0 spiro atoms. The highest BCUT2D eigenvalue weighted by molar-refractivity contribution is 6.47. The number of rotatable bonds is 5. The molecule has 0 aliphatic heterocycles. The third-order valence-corrected chi connectivity index (χ3v) is 3.04. The van der Waals surface area contributed by atoms with Crippen LogP contribution >= 0.6 is 0 Å². The van der Waals surface area contributed by atoms with Gasteiger partial charge in [0.15, 0.2) is 11.5 Å². The number of aliphatic imine (C=N–C) groups is 1. The lowest BCUT2D eigenvalue weighted by Gasteiger charge is -2.08. The average Bonchev–Trinajstić information content (AvgIpc) is 3.01. The highest BCUT2D eigenvalue weighted by atomic mass is 16.5. The van der Waals surface area contributed by atoms with E-state index in [1.807, 2.05) is 35.8 Å². The molecule has 0 heterocycles. The van der Waals surface area contributed by atoms with Crippen molar-refractivity contribution in [3.8, 4) is 0 Å². The standard InChI is InChI=1S/C15H17N3O2/c19-17-14(13-8-2-1-3-9-13)15(18-20)16-11-10-12-6-4-5-7-12/h1-9,12,19-20H,10-11H2,(H,16,18)/b17-14+. The maximum atomic E-state index is 9.18. The molecule has 0 amide bonds. The second-order valence-corrected chi connectivity index (χ2v) is 4.38. The van der Waals surface area contributed by atoms with Gasteiger partial charge in [-0.15, -0.1) is 0 Å². The molecule has 0 fully saturated rings. The Morgan fingerprint density at radius 2 is 1.85 bits per heavy atom. The van der Waals surface area contributed by atoms with Crippen LogP contribution in [0.5, 0.6) is 0 Å². The maximum Gasteiger partial charge on any atom is 0.175 e. The van der Waals surface area contributed by atoms with Crippen LogP contribution in [0.2, 0.25) is 0 Å². The van der Waals surface area contributed by atoms with E-state index in [-0.39, 0.29) is 11.5 Å². The summed E-state index contributed by atoms with van der Waals surface area (Å²) < 4.78 is 0. The van der Waals surface area contributed by atoms with Crippen LogP contribution in [-0.4, -0.2) is 28.5 Å². The molecule has 5 nitrogen and oxygen atoms in total. The molecule has 0 bridgehead atoms. The number of hydroxylamine groups is 1. The molecule has 1 aliphatic carbocycles. The van der Waals surface area contributed by atoms with E-state index < -0.39 is 0 Å². The second-order valence-electron chi connectivity index (χ2n) is 4.38. The van der Waals surface area contributed by atoms with Crippen molar-refractivity contribution in [2.75, 3.05) is 6.54 Å². The molecule has 20 heavy (non-hydrogen) atoms. The summed E-state index contributed by atoms with van der Waals surface area (Å²) in [6, 6.07) is 9.07. The first-order valence-corrected chi connectivity index (χ1v) is 6.42. The normalized spacial score (nSPS) is 15.8. The third kappa shape index (κ3) is 3.55. The summed E-state index contributed by atoms with van der Waals surface area (Å²) >= 11 is 0. The van der Waals surface area contributed by atoms with Gasteiger partial charge in [-0.25, -0.2) is 0 Å². The van der Waals surface area contributed by atoms with Crippen LogP contribution in [0.1, 0.15) is 12.0 Å². The van der Waals surface area contributed by atoms with Gasteiger partial charge in [-0.1, -0.05) is 59.8 Å². The Bertz CT molecular complexity index is 535. The molecule has 2 rings (SSSR count). The average molecular weight is 271 g/mol. The van der Waals surface area contributed by atoms with Crippen molar-refractivity contribution in [1.82, 2.24) is 5.48 Å². The summed E-state index contributed by atoms with van der Waals surface area (Å²) in [5, 5.41) is 21.5. The highest BCUT2D eigenvalue weighted by Gasteiger charge is 2.12. The molecule has 1 aromatic rings. The van der Waals surface area contributed by atoms with Crippen molar-refractivity contribution in [3.05, 3.63) is 60.2 Å². The summed E-state index contributed by atoms with van der Waals surface area (Å²) in [5.74, 6) is 0.537. The fourth-order valence-electron chi connectivity index (χ4n) is 2.00. The minimum atomic E-state index is 0.157. The van der Waals surface area contributed by atoms with E-state index in [0.29, 0.717) is 18.0 Å². The summed E-state index contributed by atoms with van der Waals surface area (Å²) in [4.78, 5) is 4.25. The van der Waals surface area contributed by atoms with Gasteiger partial charge >= 0.3 is 0 Å². The van der Waals surface area contributed by atoms with E-state index in [0.717, 1.165) is 6.42 Å². The van der Waals surface area contributed by atoms with Gasteiger partial charge in [-0.3, -0.25) is 15.7 Å². The van der Waals surface area contributed by atoms with Crippen LogP contribution in [-0.2, 0) is 0 Å². The Kier molecular flexibility index (Phi) is 5.08. The van der Waals surface area contributed by atoms with Crippen LogP contribution < -0.4 is 5.48 Å². The number of amidine groups is 1. The summed E-state index contributed by atoms with van der Waals surface area (Å²) in [6.45, 7) is 0.522. The van der Waals surface area contributed by atoms with Gasteiger partial charge in [-0.05, 0) is 12.3 Å². The summed E-state index contributed by atoms with van der Waals surface area (Å²) in [5.41, 5.74) is 2.89. The number of hydrogen-bond acceptors (Lipinski definition) is 4. The van der Waals surface area contributed by atoms with Crippen molar-refractivity contribution in [1.29, 1.82) is 0 Å². The third-order valence-electron chi connectivity index (χ3n) is 3.04. The predicted octanol–water partition coefficient (Wildman–Crippen LogP) is 2.37. The monoisotopic (exact) mass is 271 g/mol. The van der Waals surface area contributed by atoms with E-state index in [1.165, 1.54) is 0 Å². The van der Waals surface area contributed by atoms with Crippen LogP contribution in [0, 0.1) is 5.92 Å². The Morgan fingerprint density at radius 3 is 2.45 bits per heavy atom. The zero-order valence-electron chi connectivity index (χ0n) is 11.0. The van der Waals surface area contributed by atoms with E-state index in [1.54, 1.807) is 12.1 Å². The molecular formula is C15H17N3O2. The number of oxime groups is 1. The number of allylic oxidation sites excluding steroid dienone is 4. The quantitative estimate of drug-likeness (QED) is 0.333. The molecule has 0 radical (unpaired) electrons. The Hall–Kier alpha value is -2.40. The fourth-order valence-corrected chi connectivity index (χ4v) is 2.00. The number of hydrogen-bond donors (Lipinski definition) is 3. The van der Waals surface area contributed by atoms with Crippen molar-refractivity contribution in [2.24, 2.45) is 16.1 Å². The molecule has 104 valence electrons. The molecule has 0 saturated heterocycles. The molecule has 0 saturated carbocycles. The van der Waals surface area contributed by atoms with Gasteiger partial charge in [0.25, 0.3) is 0 Å². The fraction of sp³-hybridized carbons (Fsp3) is 0.200. The van der Waals surface area contributed by atoms with Gasteiger partial charge in [0.2, 0.25) is 0 Å². The van der Waals surface area contributed by atoms with Crippen LogP contribution in [0.15, 0.2) is 64.8 Å². The molecule has 3 N–H and O–H groups in total. The molecule has 1 aliphatic rings. The Balaban J connectivity index is 2.05. The van der Waals surface area contributed by atoms with E-state index in [9.17, 15) is 5.21 Å². The lowest BCUT2D eigenvalue weighted by Crippen LogP contribution is -2.30. The van der Waals surface area contributed by atoms with Gasteiger partial charge < -0.3 is 5.21 Å². The van der Waals surface area contributed by atoms with Crippen molar-refractivity contribution in [3.63, 3.8) is 0 Å². The van der Waals surface area contributed by atoms with E-state index >= 15 is 0 Å². The number of nitrogens with zero attached hydrogens (tertiary/aromatic N) is 2. The lowest BCUT2D eigenvalue weighted by atomic mass is 10.1. The van der Waals surface area contributed by atoms with Crippen molar-refractivity contribution in [2.45, 2.75) is 6.42 Å². The SMILES string of the molecule is O/N=C(/C(=NCCC1C=CC=C1)NO)c1ccccc1. The topological polar surface area (TPSA) is 77.2 Å². The first-order chi connectivity index (χ1) is 9.85. The first-order valence-electron chi connectivity index (χ1n) is 6.42. The predicted molar refractivity (Wildman–Crippen MR) is 78.4 cm³/mol. The zero-order chi connectivity index (χ0) is 14.2. The zero-order valence-corrected chi connectivity index (χ0v) is 11.0. The van der Waals surface area contributed by atoms with Gasteiger partial charge in [0, 0.05) is 12.1 Å². The largest absolute Gasteiger partial charge is 0.410 e. The molecular weight excluding hydrogens is 254 g/mol. The van der Waals surface area contributed by atoms with Crippen LogP contribution in [0.25, 0.3) is 0 Å². The smallest absolute Gasteiger partial charge is 0.175 e. The second kappa shape index (κ2) is 7.25. The summed E-state index contributed by atoms with van der Waals surface area (Å²) in [6.07, 6.45) is 9.04. The van der Waals surface area contributed by atoms with E-state index in [4.69, 9.17) is 5.21 Å². The lowest BCUT2D eigenvalue weighted by molar-refractivity contribution is 0.235. The van der Waals surface area contributed by atoms with Gasteiger partial charge in [0.05, 0.1) is 0 Å².